The summed E-state index contributed by atoms with van der Waals surface area (Å²) >= 11 is 0. The van der Waals surface area contributed by atoms with Gasteiger partial charge in [0.1, 0.15) is 0 Å². The van der Waals surface area contributed by atoms with Crippen molar-refractivity contribution in [2.24, 2.45) is 5.92 Å². The zero-order valence-electron chi connectivity index (χ0n) is 9.17. The minimum Gasteiger partial charge on any atom is -0.481 e. The lowest BCUT2D eigenvalue weighted by Crippen LogP contribution is -2.25. The Morgan fingerprint density at radius 3 is 2.56 bits per heavy atom. The number of rotatable bonds is 2. The molecular weight excluding hydrogens is 226 g/mol. The van der Waals surface area contributed by atoms with Crippen LogP contribution in [-0.4, -0.2) is 29.6 Å². The van der Waals surface area contributed by atoms with Crippen LogP contribution in [0.15, 0.2) is 30.3 Å². The van der Waals surface area contributed by atoms with Crippen molar-refractivity contribution >= 4 is 18.4 Å². The fourth-order valence-electron chi connectivity index (χ4n) is 2.34. The Labute approximate surface area is 101 Å². The van der Waals surface area contributed by atoms with Crippen molar-refractivity contribution in [1.29, 1.82) is 0 Å². The molecule has 0 saturated carbocycles. The van der Waals surface area contributed by atoms with E-state index in [1.165, 1.54) is 0 Å². The van der Waals surface area contributed by atoms with E-state index in [-0.39, 0.29) is 24.4 Å². The van der Waals surface area contributed by atoms with E-state index in [1.54, 1.807) is 0 Å². The third kappa shape index (κ3) is 2.36. The second-order valence-electron chi connectivity index (χ2n) is 4.07. The van der Waals surface area contributed by atoms with Crippen molar-refractivity contribution in [3.8, 4) is 0 Å². The number of carboxylic acids is 1. The molecule has 1 aliphatic heterocycles. The van der Waals surface area contributed by atoms with E-state index in [4.69, 9.17) is 5.11 Å². The number of benzene rings is 1. The molecule has 1 aromatic rings. The van der Waals surface area contributed by atoms with E-state index < -0.39 is 5.97 Å². The van der Waals surface area contributed by atoms with Crippen LogP contribution in [0, 0.1) is 5.92 Å². The maximum atomic E-state index is 11.1. The van der Waals surface area contributed by atoms with Crippen LogP contribution in [0.25, 0.3) is 0 Å². The SMILES string of the molecule is CN1CCC(C(=O)O)C1c1ccccc1.Cl. The summed E-state index contributed by atoms with van der Waals surface area (Å²) in [6.45, 7) is 0.858. The average molecular weight is 242 g/mol. The van der Waals surface area contributed by atoms with Gasteiger partial charge in [0.05, 0.1) is 5.92 Å². The summed E-state index contributed by atoms with van der Waals surface area (Å²) in [5, 5.41) is 9.14. The molecule has 1 aliphatic rings. The normalized spacial score (nSPS) is 25.1. The highest BCUT2D eigenvalue weighted by atomic mass is 35.5. The minimum absolute atomic E-state index is 0. The first-order valence-corrected chi connectivity index (χ1v) is 5.18. The van der Waals surface area contributed by atoms with Gasteiger partial charge in [-0.1, -0.05) is 30.3 Å². The summed E-state index contributed by atoms with van der Waals surface area (Å²) in [6, 6.07) is 9.91. The standard InChI is InChI=1S/C12H15NO2.ClH/c1-13-8-7-10(12(14)15)11(13)9-5-3-2-4-6-9;/h2-6,10-11H,7-8H2,1H3,(H,14,15);1H. The van der Waals surface area contributed by atoms with Gasteiger partial charge in [0.2, 0.25) is 0 Å². The average Bonchev–Trinajstić information content (AvgIpc) is 2.61. The molecule has 1 aromatic carbocycles. The van der Waals surface area contributed by atoms with Crippen molar-refractivity contribution < 1.29 is 9.90 Å². The van der Waals surface area contributed by atoms with Crippen LogP contribution in [0.4, 0.5) is 0 Å². The van der Waals surface area contributed by atoms with Crippen molar-refractivity contribution in [2.45, 2.75) is 12.5 Å². The Morgan fingerprint density at radius 2 is 2.00 bits per heavy atom. The highest BCUT2D eigenvalue weighted by Crippen LogP contribution is 2.35. The van der Waals surface area contributed by atoms with E-state index in [2.05, 4.69) is 4.90 Å². The summed E-state index contributed by atoms with van der Waals surface area (Å²) < 4.78 is 0. The molecule has 2 atom stereocenters. The quantitative estimate of drug-likeness (QED) is 0.863. The summed E-state index contributed by atoms with van der Waals surface area (Å²) in [5.41, 5.74) is 1.10. The lowest BCUT2D eigenvalue weighted by atomic mass is 9.94. The van der Waals surface area contributed by atoms with Crippen molar-refractivity contribution in [1.82, 2.24) is 4.90 Å². The third-order valence-corrected chi connectivity index (χ3v) is 3.11. The predicted molar refractivity (Wildman–Crippen MR) is 64.8 cm³/mol. The number of carbonyl (C=O) groups is 1. The van der Waals surface area contributed by atoms with Gasteiger partial charge in [-0.25, -0.2) is 0 Å². The van der Waals surface area contributed by atoms with Gasteiger partial charge in [-0.15, -0.1) is 12.4 Å². The summed E-state index contributed by atoms with van der Waals surface area (Å²) in [5.74, 6) is -0.953. The van der Waals surface area contributed by atoms with Crippen molar-refractivity contribution in [3.63, 3.8) is 0 Å². The minimum atomic E-state index is -0.687. The van der Waals surface area contributed by atoms with Gasteiger partial charge in [-0.3, -0.25) is 9.69 Å². The van der Waals surface area contributed by atoms with Crippen LogP contribution in [0.1, 0.15) is 18.0 Å². The van der Waals surface area contributed by atoms with Gasteiger partial charge in [0.15, 0.2) is 0 Å². The lowest BCUT2D eigenvalue weighted by Gasteiger charge is -2.23. The Hall–Kier alpha value is -1.06. The predicted octanol–water partition coefficient (Wildman–Crippen LogP) is 2.19. The molecule has 1 fully saturated rings. The number of carboxylic acid groups (broad SMARTS) is 1. The molecular formula is C12H16ClNO2. The molecule has 88 valence electrons. The highest BCUT2D eigenvalue weighted by molar-refractivity contribution is 5.85. The lowest BCUT2D eigenvalue weighted by molar-refractivity contribution is -0.142. The fourth-order valence-corrected chi connectivity index (χ4v) is 2.34. The summed E-state index contributed by atoms with van der Waals surface area (Å²) in [6.07, 6.45) is 0.741. The smallest absolute Gasteiger partial charge is 0.308 e. The van der Waals surface area contributed by atoms with Gasteiger partial charge < -0.3 is 5.11 Å². The number of likely N-dealkylation sites (tertiary alicyclic amines) is 1. The van der Waals surface area contributed by atoms with Crippen LogP contribution in [0.5, 0.6) is 0 Å². The van der Waals surface area contributed by atoms with E-state index in [0.29, 0.717) is 0 Å². The van der Waals surface area contributed by atoms with Crippen molar-refractivity contribution in [2.75, 3.05) is 13.6 Å². The van der Waals surface area contributed by atoms with E-state index in [0.717, 1.165) is 18.5 Å². The first-order chi connectivity index (χ1) is 7.20. The Kier molecular flexibility index (Phi) is 4.33. The second-order valence-corrected chi connectivity index (χ2v) is 4.07. The first-order valence-electron chi connectivity index (χ1n) is 5.18. The summed E-state index contributed by atoms with van der Waals surface area (Å²) in [4.78, 5) is 13.2. The maximum absolute atomic E-state index is 11.1. The van der Waals surface area contributed by atoms with Crippen molar-refractivity contribution in [3.05, 3.63) is 35.9 Å². The molecule has 0 aliphatic carbocycles. The van der Waals surface area contributed by atoms with Gasteiger partial charge >= 0.3 is 5.97 Å². The van der Waals surface area contributed by atoms with Gasteiger partial charge in [0, 0.05) is 6.04 Å². The number of nitrogens with zero attached hydrogens (tertiary/aromatic N) is 1. The molecule has 1 saturated heterocycles. The molecule has 16 heavy (non-hydrogen) atoms. The molecule has 4 heteroatoms. The number of hydrogen-bond acceptors (Lipinski definition) is 2. The van der Waals surface area contributed by atoms with Crippen LogP contribution < -0.4 is 0 Å². The molecule has 2 unspecified atom stereocenters. The molecule has 0 amide bonds. The first kappa shape index (κ1) is 13.0. The summed E-state index contributed by atoms with van der Waals surface area (Å²) in [7, 11) is 1.99. The molecule has 0 spiro atoms. The molecule has 2 rings (SSSR count). The molecule has 3 nitrogen and oxygen atoms in total. The van der Waals surface area contributed by atoms with Crippen LogP contribution in [0.2, 0.25) is 0 Å². The van der Waals surface area contributed by atoms with Gasteiger partial charge in [-0.2, -0.15) is 0 Å². The molecule has 0 radical (unpaired) electrons. The van der Waals surface area contributed by atoms with E-state index >= 15 is 0 Å². The van der Waals surface area contributed by atoms with E-state index in [1.807, 2.05) is 37.4 Å². The molecule has 0 aromatic heterocycles. The Balaban J connectivity index is 0.00000128. The van der Waals surface area contributed by atoms with Gasteiger partial charge in [-0.05, 0) is 25.6 Å². The number of halogens is 1. The topological polar surface area (TPSA) is 40.5 Å². The van der Waals surface area contributed by atoms with Gasteiger partial charge in [0.25, 0.3) is 0 Å². The number of hydrogen-bond donors (Lipinski definition) is 1. The monoisotopic (exact) mass is 241 g/mol. The van der Waals surface area contributed by atoms with Crippen LogP contribution >= 0.6 is 12.4 Å². The fraction of sp³-hybridized carbons (Fsp3) is 0.417. The maximum Gasteiger partial charge on any atom is 0.308 e. The van der Waals surface area contributed by atoms with Crippen LogP contribution in [-0.2, 0) is 4.79 Å². The Bertz CT molecular complexity index is 355. The number of aliphatic carboxylic acids is 1. The third-order valence-electron chi connectivity index (χ3n) is 3.11. The molecule has 1 heterocycles. The van der Waals surface area contributed by atoms with Crippen LogP contribution in [0.3, 0.4) is 0 Å². The molecule has 1 N–H and O–H groups in total. The highest BCUT2D eigenvalue weighted by Gasteiger charge is 2.37. The molecule has 0 bridgehead atoms. The van der Waals surface area contributed by atoms with E-state index in [9.17, 15) is 4.79 Å². The Morgan fingerprint density at radius 1 is 1.38 bits per heavy atom. The second kappa shape index (κ2) is 5.32. The zero-order valence-corrected chi connectivity index (χ0v) is 9.98. The largest absolute Gasteiger partial charge is 0.481 e. The zero-order chi connectivity index (χ0) is 10.8.